The maximum absolute atomic E-state index is 12.8. The number of halogens is 3. The minimum absolute atomic E-state index is 0.0937. The van der Waals surface area contributed by atoms with Crippen LogP contribution in [0.15, 0.2) is 53.3 Å². The third-order valence-corrected chi connectivity index (χ3v) is 3.87. The van der Waals surface area contributed by atoms with Crippen molar-refractivity contribution in [3.8, 4) is 0 Å². The Hall–Kier alpha value is -3.69. The molecule has 0 atom stereocenters. The molecule has 1 heterocycles. The number of hydrogen-bond acceptors (Lipinski definition) is 4. The van der Waals surface area contributed by atoms with Crippen LogP contribution < -0.4 is 16.6 Å². The fraction of sp³-hybridized carbons (Fsp3) is 0.111. The van der Waals surface area contributed by atoms with Gasteiger partial charge < -0.3 is 11.1 Å². The first-order valence-electron chi connectivity index (χ1n) is 7.93. The van der Waals surface area contributed by atoms with Gasteiger partial charge in [0.2, 0.25) is 5.91 Å². The van der Waals surface area contributed by atoms with E-state index in [0.29, 0.717) is 0 Å². The summed E-state index contributed by atoms with van der Waals surface area (Å²) in [4.78, 5) is 36.3. The van der Waals surface area contributed by atoms with E-state index in [4.69, 9.17) is 5.73 Å². The van der Waals surface area contributed by atoms with Crippen LogP contribution in [-0.4, -0.2) is 21.6 Å². The lowest BCUT2D eigenvalue weighted by Crippen LogP contribution is -2.32. The molecule has 2 amide bonds. The zero-order valence-electron chi connectivity index (χ0n) is 14.2. The van der Waals surface area contributed by atoms with E-state index in [1.807, 2.05) is 0 Å². The second kappa shape index (κ2) is 7.14. The van der Waals surface area contributed by atoms with E-state index >= 15 is 0 Å². The number of aromatic nitrogens is 2. The van der Waals surface area contributed by atoms with Crippen molar-refractivity contribution in [2.75, 3.05) is 5.32 Å². The Morgan fingerprint density at radius 2 is 1.75 bits per heavy atom. The molecule has 0 radical (unpaired) electrons. The normalized spacial score (nSPS) is 11.4. The van der Waals surface area contributed by atoms with E-state index in [1.165, 1.54) is 18.2 Å². The van der Waals surface area contributed by atoms with Gasteiger partial charge in [0.05, 0.1) is 10.9 Å². The Morgan fingerprint density at radius 1 is 1.07 bits per heavy atom. The van der Waals surface area contributed by atoms with Crippen molar-refractivity contribution in [1.82, 2.24) is 9.78 Å². The maximum atomic E-state index is 12.8. The maximum Gasteiger partial charge on any atom is 0.416 e. The van der Waals surface area contributed by atoms with Crippen molar-refractivity contribution < 1.29 is 22.8 Å². The van der Waals surface area contributed by atoms with E-state index in [1.54, 1.807) is 12.1 Å². The summed E-state index contributed by atoms with van der Waals surface area (Å²) in [6.07, 6.45) is -4.56. The second-order valence-electron chi connectivity index (χ2n) is 5.85. The summed E-state index contributed by atoms with van der Waals surface area (Å²) in [5.74, 6) is -1.68. The first-order chi connectivity index (χ1) is 13.2. The van der Waals surface area contributed by atoms with Gasteiger partial charge in [-0.3, -0.25) is 14.4 Å². The van der Waals surface area contributed by atoms with Crippen molar-refractivity contribution in [1.29, 1.82) is 0 Å². The van der Waals surface area contributed by atoms with Crippen LogP contribution in [-0.2, 0) is 17.5 Å². The highest BCUT2D eigenvalue weighted by molar-refractivity contribution is 6.04. The van der Waals surface area contributed by atoms with Gasteiger partial charge in [0, 0.05) is 11.1 Å². The Balaban J connectivity index is 1.91. The molecule has 0 saturated carbocycles. The average molecular weight is 390 g/mol. The Morgan fingerprint density at radius 3 is 2.39 bits per heavy atom. The molecular formula is C18H13F3N4O3. The number of fused-ring (bicyclic) bond motifs is 1. The fourth-order valence-electron chi connectivity index (χ4n) is 2.63. The second-order valence-corrected chi connectivity index (χ2v) is 5.85. The standard InChI is InChI=1S/C18H13F3N4O3/c19-18(20,21)10-4-3-5-11(8-10)23-14(26)9-25-17(28)13-7-2-1-6-12(13)15(24-25)16(22)27/h1-8H,9H2,(H2,22,27)(H,23,26). The highest BCUT2D eigenvalue weighted by Gasteiger charge is 2.30. The molecule has 2 aromatic carbocycles. The van der Waals surface area contributed by atoms with Gasteiger partial charge in [0.25, 0.3) is 11.5 Å². The number of hydrogen-bond donors (Lipinski definition) is 2. The first-order valence-corrected chi connectivity index (χ1v) is 7.93. The summed E-state index contributed by atoms with van der Waals surface area (Å²) in [7, 11) is 0. The Bertz CT molecular complexity index is 1140. The molecule has 144 valence electrons. The van der Waals surface area contributed by atoms with Gasteiger partial charge in [0.15, 0.2) is 5.69 Å². The van der Waals surface area contributed by atoms with Crippen molar-refractivity contribution >= 4 is 28.3 Å². The highest BCUT2D eigenvalue weighted by Crippen LogP contribution is 2.30. The minimum Gasteiger partial charge on any atom is -0.364 e. The van der Waals surface area contributed by atoms with E-state index < -0.39 is 35.7 Å². The van der Waals surface area contributed by atoms with Crippen LogP contribution in [0.4, 0.5) is 18.9 Å². The molecule has 10 heteroatoms. The molecule has 0 spiro atoms. The van der Waals surface area contributed by atoms with Crippen LogP contribution in [0.3, 0.4) is 0 Å². The number of alkyl halides is 3. The molecule has 3 rings (SSSR count). The van der Waals surface area contributed by atoms with Crippen molar-refractivity contribution in [2.24, 2.45) is 5.73 Å². The lowest BCUT2D eigenvalue weighted by molar-refractivity contribution is -0.137. The van der Waals surface area contributed by atoms with E-state index in [-0.39, 0.29) is 22.2 Å². The number of nitrogens with one attached hydrogen (secondary N) is 1. The summed E-state index contributed by atoms with van der Waals surface area (Å²) in [6, 6.07) is 10.2. The molecule has 7 nitrogen and oxygen atoms in total. The molecule has 0 fully saturated rings. The van der Waals surface area contributed by atoms with E-state index in [2.05, 4.69) is 10.4 Å². The summed E-state index contributed by atoms with van der Waals surface area (Å²) in [5.41, 5.74) is 3.43. The van der Waals surface area contributed by atoms with Crippen LogP contribution in [0.2, 0.25) is 0 Å². The first kappa shape index (κ1) is 19.1. The van der Waals surface area contributed by atoms with Crippen LogP contribution in [0.1, 0.15) is 16.1 Å². The van der Waals surface area contributed by atoms with Crippen LogP contribution in [0.25, 0.3) is 10.8 Å². The number of amides is 2. The number of anilines is 1. The Kier molecular flexibility index (Phi) is 4.87. The number of nitrogens with zero attached hydrogens (tertiary/aromatic N) is 2. The van der Waals surface area contributed by atoms with Crippen molar-refractivity contribution in [2.45, 2.75) is 12.7 Å². The van der Waals surface area contributed by atoms with E-state index in [9.17, 15) is 27.6 Å². The molecule has 0 aliphatic carbocycles. The van der Waals surface area contributed by atoms with Gasteiger partial charge in [-0.2, -0.15) is 18.3 Å². The number of rotatable bonds is 4. The fourth-order valence-corrected chi connectivity index (χ4v) is 2.63. The van der Waals surface area contributed by atoms with E-state index in [0.717, 1.165) is 22.9 Å². The van der Waals surface area contributed by atoms with Gasteiger partial charge in [0.1, 0.15) is 6.54 Å². The number of primary amides is 1. The molecular weight excluding hydrogens is 377 g/mol. The molecule has 0 saturated heterocycles. The molecule has 0 unspecified atom stereocenters. The zero-order chi connectivity index (χ0) is 20.5. The third-order valence-electron chi connectivity index (χ3n) is 3.87. The quantitative estimate of drug-likeness (QED) is 0.712. The van der Waals surface area contributed by atoms with Crippen LogP contribution >= 0.6 is 0 Å². The highest BCUT2D eigenvalue weighted by atomic mass is 19.4. The number of carbonyl (C=O) groups excluding carboxylic acids is 2. The molecule has 1 aromatic heterocycles. The van der Waals surface area contributed by atoms with Gasteiger partial charge in [-0.25, -0.2) is 4.68 Å². The molecule has 0 bridgehead atoms. The molecule has 0 aliphatic heterocycles. The minimum atomic E-state index is -4.56. The SMILES string of the molecule is NC(=O)c1nn(CC(=O)Nc2cccc(C(F)(F)F)c2)c(=O)c2ccccc12. The van der Waals surface area contributed by atoms with Crippen LogP contribution in [0, 0.1) is 0 Å². The number of benzene rings is 2. The monoisotopic (exact) mass is 390 g/mol. The lowest BCUT2D eigenvalue weighted by Gasteiger charge is -2.11. The molecule has 3 aromatic rings. The molecule has 3 N–H and O–H groups in total. The topological polar surface area (TPSA) is 107 Å². The summed E-state index contributed by atoms with van der Waals surface area (Å²) in [6.45, 7) is -0.611. The summed E-state index contributed by atoms with van der Waals surface area (Å²) in [5, 5.41) is 6.48. The summed E-state index contributed by atoms with van der Waals surface area (Å²) < 4.78 is 39.0. The number of nitrogens with two attached hydrogens (primary N) is 1. The molecule has 0 aliphatic rings. The Labute approximate surface area is 155 Å². The summed E-state index contributed by atoms with van der Waals surface area (Å²) >= 11 is 0. The smallest absolute Gasteiger partial charge is 0.364 e. The number of carbonyl (C=O) groups is 2. The van der Waals surface area contributed by atoms with Gasteiger partial charge in [-0.1, -0.05) is 24.3 Å². The van der Waals surface area contributed by atoms with Gasteiger partial charge >= 0.3 is 6.18 Å². The van der Waals surface area contributed by atoms with Gasteiger partial charge in [-0.15, -0.1) is 0 Å². The van der Waals surface area contributed by atoms with Crippen molar-refractivity contribution in [3.63, 3.8) is 0 Å². The zero-order valence-corrected chi connectivity index (χ0v) is 14.2. The average Bonchev–Trinajstić information content (AvgIpc) is 2.63. The van der Waals surface area contributed by atoms with Crippen molar-refractivity contribution in [3.05, 3.63) is 70.1 Å². The predicted octanol–water partition coefficient (Wildman–Crippen LogP) is 2.15. The van der Waals surface area contributed by atoms with Gasteiger partial charge in [-0.05, 0) is 24.3 Å². The lowest BCUT2D eigenvalue weighted by atomic mass is 10.1. The predicted molar refractivity (Wildman–Crippen MR) is 94.6 cm³/mol. The van der Waals surface area contributed by atoms with Crippen LogP contribution in [0.5, 0.6) is 0 Å². The largest absolute Gasteiger partial charge is 0.416 e. The third kappa shape index (κ3) is 3.85. The molecule has 28 heavy (non-hydrogen) atoms.